The molecular weight excluding hydrogens is 593 g/mol. The number of rotatable bonds is 14. The Labute approximate surface area is 247 Å². The quantitative estimate of drug-likeness (QED) is 0.135. The van der Waals surface area contributed by atoms with E-state index < -0.39 is 10.5 Å². The van der Waals surface area contributed by atoms with E-state index >= 15 is 0 Å². The molecule has 0 saturated heterocycles. The Morgan fingerprint density at radius 3 is 1.62 bits per heavy atom. The van der Waals surface area contributed by atoms with Crippen LogP contribution in [0, 0.1) is 0 Å². The van der Waals surface area contributed by atoms with Crippen LogP contribution in [0.2, 0.25) is 0 Å². The van der Waals surface area contributed by atoms with E-state index in [4.69, 9.17) is 60.3 Å². The molecule has 206 valence electrons. The second-order valence-electron chi connectivity index (χ2n) is 7.38. The molecule has 0 fully saturated rings. The Hall–Kier alpha value is -1.12. The molecule has 0 spiro atoms. The Balaban J connectivity index is 2.10. The lowest BCUT2D eigenvalue weighted by Crippen LogP contribution is -2.21. The maximum absolute atomic E-state index is 12.2. The molecular formula is C24H32O7S6. The van der Waals surface area contributed by atoms with Crippen molar-refractivity contribution in [2.24, 2.45) is 0 Å². The van der Waals surface area contributed by atoms with Gasteiger partial charge in [-0.25, -0.2) is 0 Å². The van der Waals surface area contributed by atoms with Crippen molar-refractivity contribution in [2.45, 2.75) is 49.4 Å². The molecule has 37 heavy (non-hydrogen) atoms. The lowest BCUT2D eigenvalue weighted by molar-refractivity contribution is -0.143. The van der Waals surface area contributed by atoms with Gasteiger partial charge < -0.3 is 23.7 Å². The van der Waals surface area contributed by atoms with Gasteiger partial charge in [-0.15, -0.1) is 0 Å². The third kappa shape index (κ3) is 15.8. The third-order valence-electron chi connectivity index (χ3n) is 4.42. The first kappa shape index (κ1) is 33.9. The Kier molecular flexibility index (Phi) is 18.2. The first-order chi connectivity index (χ1) is 17.6. The largest absolute Gasteiger partial charge is 0.482 e. The molecule has 1 rings (SSSR count). The predicted octanol–water partition coefficient (Wildman–Crippen LogP) is 6.13. The minimum Gasteiger partial charge on any atom is -0.482 e. The molecule has 0 aromatic heterocycles. The maximum Gasteiger partial charge on any atom is 0.319 e. The highest BCUT2D eigenvalue weighted by atomic mass is 32.2. The van der Waals surface area contributed by atoms with Gasteiger partial charge in [-0.1, -0.05) is 65.6 Å². The molecule has 0 N–H and O–H groups in total. The van der Waals surface area contributed by atoms with E-state index in [-0.39, 0.29) is 45.8 Å². The van der Waals surface area contributed by atoms with Crippen LogP contribution in [0.1, 0.15) is 44.4 Å². The zero-order valence-corrected chi connectivity index (χ0v) is 26.1. The molecule has 7 nitrogen and oxygen atoms in total. The fourth-order valence-electron chi connectivity index (χ4n) is 2.45. The topological polar surface area (TPSA) is 80.3 Å². The number of thiocarbonyl (C=S) groups is 3. The van der Waals surface area contributed by atoms with Crippen LogP contribution in [0.5, 0.6) is 0 Å². The minimum atomic E-state index is -0.517. The van der Waals surface area contributed by atoms with Gasteiger partial charge in [-0.3, -0.25) is 9.59 Å². The molecule has 0 amide bonds. The smallest absolute Gasteiger partial charge is 0.319 e. The van der Waals surface area contributed by atoms with Gasteiger partial charge in [0.25, 0.3) is 0 Å². The lowest BCUT2D eigenvalue weighted by atomic mass is 10.2. The number of carbonyl (C=O) groups excluding carboxylic acids is 2. The second-order valence-corrected chi connectivity index (χ2v) is 13.2. The molecule has 0 aliphatic heterocycles. The van der Waals surface area contributed by atoms with Gasteiger partial charge in [0, 0.05) is 18.1 Å². The van der Waals surface area contributed by atoms with Crippen LogP contribution in [-0.4, -0.2) is 69.1 Å². The summed E-state index contributed by atoms with van der Waals surface area (Å²) in [5.41, 5.74) is 1.18. The van der Waals surface area contributed by atoms with Gasteiger partial charge in [0.05, 0.1) is 33.5 Å². The first-order valence-electron chi connectivity index (χ1n) is 11.4. The fraction of sp³-hybridized carbons (Fsp3) is 0.542. The summed E-state index contributed by atoms with van der Waals surface area (Å²) < 4.78 is 27.3. The summed E-state index contributed by atoms with van der Waals surface area (Å²) in [6.45, 7) is 6.49. The summed E-state index contributed by atoms with van der Waals surface area (Å²) in [4.78, 5) is 24.1. The van der Waals surface area contributed by atoms with Crippen LogP contribution in [-0.2, 0) is 33.3 Å². The summed E-state index contributed by atoms with van der Waals surface area (Å²) in [6, 6.07) is 10.1. The van der Waals surface area contributed by atoms with Crippen molar-refractivity contribution in [3.05, 3.63) is 35.9 Å². The molecule has 3 atom stereocenters. The highest BCUT2D eigenvalue weighted by Crippen LogP contribution is 2.29. The molecule has 0 bridgehead atoms. The van der Waals surface area contributed by atoms with Crippen LogP contribution in [0.15, 0.2) is 30.3 Å². The Bertz CT molecular complexity index is 884. The molecule has 0 aliphatic rings. The van der Waals surface area contributed by atoms with Crippen molar-refractivity contribution in [1.29, 1.82) is 0 Å². The van der Waals surface area contributed by atoms with Crippen LogP contribution < -0.4 is 0 Å². The molecule has 0 saturated carbocycles. The van der Waals surface area contributed by atoms with Gasteiger partial charge in [-0.2, -0.15) is 0 Å². The molecule has 3 unspecified atom stereocenters. The summed E-state index contributed by atoms with van der Waals surface area (Å²) in [5.74, 6) is -0.773. The zero-order chi connectivity index (χ0) is 27.6. The number of hydrogen-bond acceptors (Lipinski definition) is 13. The maximum atomic E-state index is 12.2. The average Bonchev–Trinajstić information content (AvgIpc) is 2.88. The normalized spacial score (nSPS) is 13.0. The van der Waals surface area contributed by atoms with Gasteiger partial charge in [0.15, 0.2) is 0 Å². The first-order valence-corrected chi connectivity index (χ1v) is 15.3. The van der Waals surface area contributed by atoms with E-state index in [9.17, 15) is 9.59 Å². The second kappa shape index (κ2) is 19.9. The highest BCUT2D eigenvalue weighted by Gasteiger charge is 2.19. The SMILES string of the molecule is COC(=S)SC(C)C(=O)OCCCOC(=S)SC(C)C(=O)OCCCOC(=S)SC(C)c1ccccc1. The van der Waals surface area contributed by atoms with Crippen molar-refractivity contribution in [2.75, 3.05) is 33.5 Å². The number of methoxy groups -OCH3 is 1. The predicted molar refractivity (Wildman–Crippen MR) is 164 cm³/mol. The van der Waals surface area contributed by atoms with Gasteiger partial charge >= 0.3 is 11.9 Å². The van der Waals surface area contributed by atoms with Gasteiger partial charge in [-0.05, 0) is 63.0 Å². The summed E-state index contributed by atoms with van der Waals surface area (Å²) in [7, 11) is 1.45. The van der Waals surface area contributed by atoms with E-state index in [1.165, 1.54) is 24.4 Å². The summed E-state index contributed by atoms with van der Waals surface area (Å²) in [6.07, 6.45) is 0.985. The molecule has 1 aromatic rings. The van der Waals surface area contributed by atoms with Crippen LogP contribution in [0.4, 0.5) is 0 Å². The lowest BCUT2D eigenvalue weighted by Gasteiger charge is -2.14. The minimum absolute atomic E-state index is 0.184. The monoisotopic (exact) mass is 624 g/mol. The Morgan fingerprint density at radius 1 is 0.703 bits per heavy atom. The standard InChI is InChI=1S/C24H32O7S6/c1-16(19-10-6-5-7-11-19)35-23(33)30-14-8-13-29-21(26)18(3)37-24(34)31-15-9-12-28-20(25)17(2)36-22(32)27-4/h5-7,10-11,16-18H,8-9,12-15H2,1-4H3. The molecule has 0 radical (unpaired) electrons. The molecule has 13 heteroatoms. The van der Waals surface area contributed by atoms with Crippen LogP contribution in [0.25, 0.3) is 0 Å². The third-order valence-corrected chi connectivity index (χ3v) is 8.39. The van der Waals surface area contributed by atoms with Crippen LogP contribution in [0.3, 0.4) is 0 Å². The van der Waals surface area contributed by atoms with E-state index in [2.05, 4.69) is 19.1 Å². The van der Waals surface area contributed by atoms with Gasteiger partial charge in [0.2, 0.25) is 13.1 Å². The Morgan fingerprint density at radius 2 is 1.14 bits per heavy atom. The van der Waals surface area contributed by atoms with E-state index in [0.29, 0.717) is 23.8 Å². The molecule has 1 aromatic carbocycles. The zero-order valence-electron chi connectivity index (χ0n) is 21.2. The number of benzene rings is 1. The summed E-state index contributed by atoms with van der Waals surface area (Å²) >= 11 is 19.1. The fourth-order valence-corrected chi connectivity index (χ4v) is 5.80. The van der Waals surface area contributed by atoms with E-state index in [1.807, 2.05) is 18.2 Å². The van der Waals surface area contributed by atoms with E-state index in [1.54, 1.807) is 13.8 Å². The van der Waals surface area contributed by atoms with Crippen molar-refractivity contribution in [1.82, 2.24) is 0 Å². The average molecular weight is 625 g/mol. The van der Waals surface area contributed by atoms with Crippen molar-refractivity contribution >= 4 is 97.0 Å². The molecule has 0 aliphatic carbocycles. The number of ether oxygens (including phenoxy) is 5. The number of carbonyl (C=O) groups is 2. The van der Waals surface area contributed by atoms with Crippen LogP contribution >= 0.6 is 71.9 Å². The number of thioether (sulfide) groups is 3. The van der Waals surface area contributed by atoms with Crippen molar-refractivity contribution in [3.8, 4) is 0 Å². The summed E-state index contributed by atoms with van der Waals surface area (Å²) in [5, 5.41) is -0.780. The van der Waals surface area contributed by atoms with Crippen molar-refractivity contribution in [3.63, 3.8) is 0 Å². The van der Waals surface area contributed by atoms with Gasteiger partial charge in [0.1, 0.15) is 10.5 Å². The van der Waals surface area contributed by atoms with E-state index in [0.717, 1.165) is 23.5 Å². The highest BCUT2D eigenvalue weighted by molar-refractivity contribution is 8.23. The number of esters is 2. The number of hydrogen-bond donors (Lipinski definition) is 0. The molecule has 0 heterocycles. The van der Waals surface area contributed by atoms with Crippen molar-refractivity contribution < 1.29 is 33.3 Å².